The minimum atomic E-state index is 0.663. The number of para-hydroxylation sites is 2. The van der Waals surface area contributed by atoms with E-state index in [1.54, 1.807) is 0 Å². The van der Waals surface area contributed by atoms with Crippen LogP contribution in [0.15, 0.2) is 77.3 Å². The van der Waals surface area contributed by atoms with Crippen molar-refractivity contribution in [3.8, 4) is 0 Å². The Morgan fingerprint density at radius 3 is 2.57 bits per heavy atom. The van der Waals surface area contributed by atoms with Gasteiger partial charge in [-0.25, -0.2) is 10.0 Å². The van der Waals surface area contributed by atoms with Crippen LogP contribution in [-0.2, 0) is 6.67 Å². The molecule has 0 aliphatic carbocycles. The van der Waals surface area contributed by atoms with E-state index < -0.39 is 0 Å². The van der Waals surface area contributed by atoms with Crippen LogP contribution < -0.4 is 5.01 Å². The van der Waals surface area contributed by atoms with Gasteiger partial charge in [-0.05, 0) is 40.1 Å². The smallest absolute Gasteiger partial charge is 0.134 e. The summed E-state index contributed by atoms with van der Waals surface area (Å²) in [6.07, 6.45) is 2.09. The molecule has 21 heavy (non-hydrogen) atoms. The van der Waals surface area contributed by atoms with Crippen LogP contribution in [0.25, 0.3) is 10.9 Å². The molecule has 0 atom stereocenters. The second-order valence-corrected chi connectivity index (χ2v) is 5.05. The Hall–Kier alpha value is -2.82. The molecule has 0 radical (unpaired) electrons. The lowest BCUT2D eigenvalue weighted by Crippen LogP contribution is -2.26. The van der Waals surface area contributed by atoms with Gasteiger partial charge in [-0.2, -0.15) is 0 Å². The van der Waals surface area contributed by atoms with Gasteiger partial charge in [0, 0.05) is 11.7 Å². The molecular weight excluding hydrogens is 262 g/mol. The molecule has 0 saturated heterocycles. The van der Waals surface area contributed by atoms with E-state index >= 15 is 0 Å². The van der Waals surface area contributed by atoms with Crippen LogP contribution in [0.1, 0.15) is 0 Å². The van der Waals surface area contributed by atoms with Crippen LogP contribution in [0.2, 0.25) is 0 Å². The van der Waals surface area contributed by atoms with Gasteiger partial charge in [0.1, 0.15) is 13.3 Å². The Morgan fingerprint density at radius 2 is 1.67 bits per heavy atom. The molecule has 0 N–H and O–H groups in total. The SMILES string of the molecule is c1ccc(N2CN(Cn3ccc4ccccc43)N=N2)cc1. The summed E-state index contributed by atoms with van der Waals surface area (Å²) in [5, 5.41) is 13.5. The van der Waals surface area contributed by atoms with E-state index in [2.05, 4.69) is 51.5 Å². The average molecular weight is 277 g/mol. The minimum Gasteiger partial charge on any atom is -0.328 e. The van der Waals surface area contributed by atoms with Crippen molar-refractivity contribution >= 4 is 16.6 Å². The van der Waals surface area contributed by atoms with Gasteiger partial charge in [0.25, 0.3) is 0 Å². The van der Waals surface area contributed by atoms with Crippen molar-refractivity contribution in [2.24, 2.45) is 10.4 Å². The third-order valence-corrected chi connectivity index (χ3v) is 3.62. The Balaban J connectivity index is 1.51. The van der Waals surface area contributed by atoms with Gasteiger partial charge in [-0.3, -0.25) is 0 Å². The number of hydrogen-bond donors (Lipinski definition) is 0. The maximum atomic E-state index is 4.24. The van der Waals surface area contributed by atoms with E-state index in [1.165, 1.54) is 10.9 Å². The summed E-state index contributed by atoms with van der Waals surface area (Å²) in [5.41, 5.74) is 2.27. The Morgan fingerprint density at radius 1 is 0.857 bits per heavy atom. The third-order valence-electron chi connectivity index (χ3n) is 3.62. The maximum Gasteiger partial charge on any atom is 0.134 e. The van der Waals surface area contributed by atoms with E-state index in [0.717, 1.165) is 5.69 Å². The van der Waals surface area contributed by atoms with Crippen LogP contribution in [0, 0.1) is 0 Å². The van der Waals surface area contributed by atoms with Crippen molar-refractivity contribution < 1.29 is 0 Å². The van der Waals surface area contributed by atoms with Gasteiger partial charge in [0.2, 0.25) is 0 Å². The zero-order valence-electron chi connectivity index (χ0n) is 11.5. The summed E-state index contributed by atoms with van der Waals surface area (Å²) in [7, 11) is 0. The fourth-order valence-electron chi connectivity index (χ4n) is 2.56. The average Bonchev–Trinajstić information content (AvgIpc) is 3.17. The molecule has 0 bridgehead atoms. The predicted octanol–water partition coefficient (Wildman–Crippen LogP) is 3.66. The first-order valence-electron chi connectivity index (χ1n) is 6.93. The fourth-order valence-corrected chi connectivity index (χ4v) is 2.56. The number of benzene rings is 2. The molecule has 1 aliphatic heterocycles. The predicted molar refractivity (Wildman–Crippen MR) is 82.4 cm³/mol. The summed E-state index contributed by atoms with van der Waals surface area (Å²) < 4.78 is 2.18. The van der Waals surface area contributed by atoms with Gasteiger partial charge in [0.05, 0.1) is 5.69 Å². The molecular formula is C16H15N5. The monoisotopic (exact) mass is 277 g/mol. The van der Waals surface area contributed by atoms with Crippen molar-refractivity contribution in [3.05, 3.63) is 66.9 Å². The molecule has 0 unspecified atom stereocenters. The van der Waals surface area contributed by atoms with Crippen LogP contribution in [0.3, 0.4) is 0 Å². The topological polar surface area (TPSA) is 36.1 Å². The number of anilines is 1. The van der Waals surface area contributed by atoms with E-state index in [-0.39, 0.29) is 0 Å². The van der Waals surface area contributed by atoms with Gasteiger partial charge in [-0.15, -0.1) is 0 Å². The largest absolute Gasteiger partial charge is 0.328 e. The Labute approximate surface area is 122 Å². The summed E-state index contributed by atoms with van der Waals surface area (Å²) in [5.74, 6) is 0. The highest BCUT2D eigenvalue weighted by Crippen LogP contribution is 2.21. The van der Waals surface area contributed by atoms with Crippen LogP contribution in [0.5, 0.6) is 0 Å². The molecule has 4 rings (SSSR count). The number of aromatic nitrogens is 1. The molecule has 0 spiro atoms. The molecule has 3 aromatic rings. The van der Waals surface area contributed by atoms with Gasteiger partial charge in [-0.1, -0.05) is 36.4 Å². The van der Waals surface area contributed by atoms with E-state index in [1.807, 2.05) is 40.3 Å². The van der Waals surface area contributed by atoms with Gasteiger partial charge < -0.3 is 4.57 Å². The maximum absolute atomic E-state index is 4.24. The quantitative estimate of drug-likeness (QED) is 0.732. The molecule has 1 aliphatic rings. The number of fused-ring (bicyclic) bond motifs is 1. The van der Waals surface area contributed by atoms with Crippen LogP contribution in [0.4, 0.5) is 5.69 Å². The molecule has 0 fully saturated rings. The van der Waals surface area contributed by atoms with E-state index in [0.29, 0.717) is 13.3 Å². The van der Waals surface area contributed by atoms with Crippen molar-refractivity contribution in [2.75, 3.05) is 11.7 Å². The fraction of sp³-hybridized carbons (Fsp3) is 0.125. The lowest BCUT2D eigenvalue weighted by atomic mass is 10.2. The standard InChI is InChI=1S/C16H15N5/c1-2-7-15(8-3-1)21-13-20(17-18-21)12-19-11-10-14-6-4-5-9-16(14)19/h1-11H,12-13H2. The first kappa shape index (κ1) is 12.0. The first-order chi connectivity index (χ1) is 10.4. The Kier molecular flexibility index (Phi) is 2.81. The molecule has 2 heterocycles. The van der Waals surface area contributed by atoms with Crippen molar-refractivity contribution in [1.82, 2.24) is 9.58 Å². The summed E-state index contributed by atoms with van der Waals surface area (Å²) >= 11 is 0. The van der Waals surface area contributed by atoms with E-state index in [4.69, 9.17) is 0 Å². The minimum absolute atomic E-state index is 0.663. The second kappa shape index (κ2) is 4.94. The zero-order valence-corrected chi connectivity index (χ0v) is 11.5. The molecule has 104 valence electrons. The third kappa shape index (κ3) is 2.23. The first-order valence-corrected chi connectivity index (χ1v) is 6.93. The van der Waals surface area contributed by atoms with Crippen molar-refractivity contribution in [2.45, 2.75) is 6.67 Å². The van der Waals surface area contributed by atoms with Gasteiger partial charge >= 0.3 is 0 Å². The zero-order chi connectivity index (χ0) is 14.1. The molecule has 2 aromatic carbocycles. The highest BCUT2D eigenvalue weighted by molar-refractivity contribution is 5.79. The lowest BCUT2D eigenvalue weighted by molar-refractivity contribution is 0.255. The highest BCUT2D eigenvalue weighted by atomic mass is 15.8. The number of hydrogen-bond acceptors (Lipinski definition) is 4. The van der Waals surface area contributed by atoms with Gasteiger partial charge in [0.15, 0.2) is 0 Å². The van der Waals surface area contributed by atoms with Crippen molar-refractivity contribution in [3.63, 3.8) is 0 Å². The van der Waals surface area contributed by atoms with Crippen molar-refractivity contribution in [1.29, 1.82) is 0 Å². The summed E-state index contributed by atoms with van der Waals surface area (Å²) in [6.45, 7) is 1.36. The molecule has 5 nitrogen and oxygen atoms in total. The molecule has 5 heteroatoms. The lowest BCUT2D eigenvalue weighted by Gasteiger charge is -2.17. The highest BCUT2D eigenvalue weighted by Gasteiger charge is 2.17. The molecule has 0 amide bonds. The van der Waals surface area contributed by atoms with E-state index in [9.17, 15) is 0 Å². The molecule has 1 aromatic heterocycles. The normalized spacial score (nSPS) is 14.3. The number of nitrogens with zero attached hydrogens (tertiary/aromatic N) is 5. The number of rotatable bonds is 3. The summed E-state index contributed by atoms with van der Waals surface area (Å²) in [6, 6.07) is 20.6. The Bertz CT molecular complexity index is 777. The second-order valence-electron chi connectivity index (χ2n) is 5.05. The van der Waals surface area contributed by atoms with Crippen LogP contribution in [-0.4, -0.2) is 16.2 Å². The summed E-state index contributed by atoms with van der Waals surface area (Å²) in [4.78, 5) is 0. The van der Waals surface area contributed by atoms with Crippen LogP contribution >= 0.6 is 0 Å². The molecule has 0 saturated carbocycles.